The van der Waals surface area contributed by atoms with Gasteiger partial charge in [0.15, 0.2) is 0 Å². The first-order chi connectivity index (χ1) is 14.1. The summed E-state index contributed by atoms with van der Waals surface area (Å²) in [5.41, 5.74) is 2.54. The van der Waals surface area contributed by atoms with Gasteiger partial charge >= 0.3 is 0 Å². The van der Waals surface area contributed by atoms with Crippen molar-refractivity contribution in [1.82, 2.24) is 9.78 Å². The average Bonchev–Trinajstić information content (AvgIpc) is 3.02. The van der Waals surface area contributed by atoms with E-state index in [9.17, 15) is 14.9 Å². The normalized spacial score (nSPS) is 11.8. The van der Waals surface area contributed by atoms with Crippen molar-refractivity contribution in [2.24, 2.45) is 0 Å². The number of nitro benzene ring substituents is 1. The summed E-state index contributed by atoms with van der Waals surface area (Å²) in [6, 6.07) is 9.17. The summed E-state index contributed by atoms with van der Waals surface area (Å²) < 4.78 is 7.32. The second kappa shape index (κ2) is 8.54. The third-order valence-corrected chi connectivity index (χ3v) is 4.95. The number of rotatable bonds is 6. The number of benzene rings is 2. The number of aryl methyl sites for hydroxylation is 3. The lowest BCUT2D eigenvalue weighted by Crippen LogP contribution is -2.24. The summed E-state index contributed by atoms with van der Waals surface area (Å²) >= 11 is 6.01. The molecule has 0 spiro atoms. The molecule has 0 aliphatic heterocycles. The van der Waals surface area contributed by atoms with Gasteiger partial charge in [-0.25, -0.2) is 0 Å². The summed E-state index contributed by atoms with van der Waals surface area (Å²) in [5.74, 6) is 0.439. The summed E-state index contributed by atoms with van der Waals surface area (Å²) in [7, 11) is 0. The highest BCUT2D eigenvalue weighted by molar-refractivity contribution is 6.31. The summed E-state index contributed by atoms with van der Waals surface area (Å²) in [4.78, 5) is 23.5. The maximum atomic E-state index is 12.7. The van der Waals surface area contributed by atoms with Gasteiger partial charge < -0.3 is 10.1 Å². The van der Waals surface area contributed by atoms with E-state index in [1.807, 2.05) is 32.0 Å². The molecule has 8 nitrogen and oxygen atoms in total. The number of ether oxygens (including phenoxy) is 1. The topological polar surface area (TPSA) is 99.3 Å². The van der Waals surface area contributed by atoms with Crippen LogP contribution in [0.25, 0.3) is 0 Å². The van der Waals surface area contributed by atoms with Crippen molar-refractivity contribution in [3.05, 3.63) is 74.6 Å². The van der Waals surface area contributed by atoms with Crippen LogP contribution < -0.4 is 10.1 Å². The Bertz CT molecular complexity index is 1110. The third kappa shape index (κ3) is 4.77. The van der Waals surface area contributed by atoms with Crippen molar-refractivity contribution in [3.8, 4) is 11.5 Å². The molecule has 1 unspecified atom stereocenters. The number of hydrogen-bond acceptors (Lipinski definition) is 5. The Balaban J connectivity index is 1.87. The minimum Gasteiger partial charge on any atom is -0.457 e. The van der Waals surface area contributed by atoms with Crippen molar-refractivity contribution >= 4 is 28.9 Å². The van der Waals surface area contributed by atoms with Gasteiger partial charge in [-0.1, -0.05) is 23.7 Å². The number of nitro groups is 1. The van der Waals surface area contributed by atoms with E-state index in [2.05, 4.69) is 10.4 Å². The van der Waals surface area contributed by atoms with Crippen molar-refractivity contribution < 1.29 is 14.5 Å². The molecule has 0 aliphatic rings. The molecule has 30 heavy (non-hydrogen) atoms. The van der Waals surface area contributed by atoms with Crippen LogP contribution in [0.1, 0.15) is 29.8 Å². The van der Waals surface area contributed by atoms with E-state index in [1.165, 1.54) is 16.8 Å². The smallest absolute Gasteiger partial charge is 0.275 e. The number of hydrogen-bond donors (Lipinski definition) is 1. The first-order valence-electron chi connectivity index (χ1n) is 9.20. The fourth-order valence-electron chi connectivity index (χ4n) is 2.79. The number of halogens is 1. The second-order valence-corrected chi connectivity index (χ2v) is 7.46. The Kier molecular flexibility index (Phi) is 6.07. The zero-order valence-corrected chi connectivity index (χ0v) is 17.7. The Morgan fingerprint density at radius 3 is 2.60 bits per heavy atom. The molecule has 2 aromatic carbocycles. The molecule has 3 rings (SSSR count). The van der Waals surface area contributed by atoms with E-state index in [-0.39, 0.29) is 17.1 Å². The van der Waals surface area contributed by atoms with E-state index in [4.69, 9.17) is 16.3 Å². The number of carbonyl (C=O) groups is 1. The van der Waals surface area contributed by atoms with Crippen molar-refractivity contribution in [2.75, 3.05) is 5.32 Å². The molecule has 156 valence electrons. The standard InChI is InChI=1S/C21H21ClN4O4/c1-12-5-6-13(2)20(7-12)30-18-9-16(8-17(10-18)26(28)29)23-21(27)15(4)25-11-19(22)14(3)24-25/h5-11,15H,1-4H3,(H,23,27). The molecule has 1 atom stereocenters. The molecule has 3 aromatic rings. The fourth-order valence-corrected chi connectivity index (χ4v) is 2.93. The Morgan fingerprint density at radius 2 is 1.97 bits per heavy atom. The minimum atomic E-state index is -0.668. The summed E-state index contributed by atoms with van der Waals surface area (Å²) in [5, 5.41) is 18.7. The van der Waals surface area contributed by atoms with Crippen LogP contribution in [0.3, 0.4) is 0 Å². The third-order valence-electron chi connectivity index (χ3n) is 4.57. The lowest BCUT2D eigenvalue weighted by atomic mass is 10.1. The predicted octanol–water partition coefficient (Wildman–Crippen LogP) is 5.36. The van der Waals surface area contributed by atoms with Gasteiger partial charge in [0.25, 0.3) is 5.69 Å². The fraction of sp³-hybridized carbons (Fsp3) is 0.238. The SMILES string of the molecule is Cc1ccc(C)c(Oc2cc(NC(=O)C(C)n3cc(Cl)c(C)n3)cc([N+](=O)[O-])c2)c1. The largest absolute Gasteiger partial charge is 0.457 e. The van der Waals surface area contributed by atoms with Crippen LogP contribution in [-0.4, -0.2) is 20.6 Å². The predicted molar refractivity (Wildman–Crippen MR) is 114 cm³/mol. The highest BCUT2D eigenvalue weighted by Crippen LogP contribution is 2.32. The van der Waals surface area contributed by atoms with Crippen LogP contribution >= 0.6 is 11.6 Å². The van der Waals surface area contributed by atoms with Gasteiger partial charge in [0.05, 0.1) is 27.4 Å². The quantitative estimate of drug-likeness (QED) is 0.420. The first-order valence-corrected chi connectivity index (χ1v) is 9.58. The van der Waals surface area contributed by atoms with Gasteiger partial charge in [0, 0.05) is 18.3 Å². The number of aromatic nitrogens is 2. The van der Waals surface area contributed by atoms with Gasteiger partial charge in [-0.3, -0.25) is 19.6 Å². The van der Waals surface area contributed by atoms with Crippen LogP contribution in [0.5, 0.6) is 11.5 Å². The van der Waals surface area contributed by atoms with Gasteiger partial charge in [-0.05, 0) is 44.9 Å². The first kappa shape index (κ1) is 21.3. The van der Waals surface area contributed by atoms with E-state index in [0.717, 1.165) is 11.1 Å². The molecule has 1 aromatic heterocycles. The minimum absolute atomic E-state index is 0.196. The molecule has 1 heterocycles. The number of non-ortho nitro benzene ring substituents is 1. The average molecular weight is 429 g/mol. The summed E-state index contributed by atoms with van der Waals surface area (Å²) in [6.45, 7) is 7.20. The Morgan fingerprint density at radius 1 is 1.23 bits per heavy atom. The Labute approximate surface area is 178 Å². The second-order valence-electron chi connectivity index (χ2n) is 7.05. The van der Waals surface area contributed by atoms with Crippen LogP contribution in [0.15, 0.2) is 42.6 Å². The molecule has 9 heteroatoms. The number of carbonyl (C=O) groups excluding carboxylic acids is 1. The van der Waals surface area contributed by atoms with Crippen LogP contribution in [0.4, 0.5) is 11.4 Å². The van der Waals surface area contributed by atoms with E-state index >= 15 is 0 Å². The lowest BCUT2D eigenvalue weighted by molar-refractivity contribution is -0.384. The van der Waals surface area contributed by atoms with Crippen molar-refractivity contribution in [2.45, 2.75) is 33.7 Å². The van der Waals surface area contributed by atoms with E-state index in [0.29, 0.717) is 16.5 Å². The van der Waals surface area contributed by atoms with Gasteiger partial charge in [-0.2, -0.15) is 5.10 Å². The zero-order valence-electron chi connectivity index (χ0n) is 17.0. The molecular weight excluding hydrogens is 408 g/mol. The molecule has 0 saturated carbocycles. The van der Waals surface area contributed by atoms with Crippen LogP contribution in [0.2, 0.25) is 5.02 Å². The van der Waals surface area contributed by atoms with Crippen LogP contribution in [-0.2, 0) is 4.79 Å². The maximum Gasteiger partial charge on any atom is 0.275 e. The molecule has 1 N–H and O–H groups in total. The highest BCUT2D eigenvalue weighted by atomic mass is 35.5. The molecule has 0 fully saturated rings. The molecule has 0 radical (unpaired) electrons. The molecule has 0 saturated heterocycles. The monoisotopic (exact) mass is 428 g/mol. The summed E-state index contributed by atoms with van der Waals surface area (Å²) in [6.07, 6.45) is 1.56. The lowest BCUT2D eigenvalue weighted by Gasteiger charge is -2.14. The maximum absolute atomic E-state index is 12.7. The molecule has 0 bridgehead atoms. The van der Waals surface area contributed by atoms with E-state index in [1.54, 1.807) is 26.1 Å². The van der Waals surface area contributed by atoms with Crippen LogP contribution in [0, 0.1) is 30.9 Å². The van der Waals surface area contributed by atoms with Gasteiger partial charge in [-0.15, -0.1) is 0 Å². The van der Waals surface area contributed by atoms with Gasteiger partial charge in [0.2, 0.25) is 5.91 Å². The molecule has 1 amide bonds. The van der Waals surface area contributed by atoms with Crippen molar-refractivity contribution in [3.63, 3.8) is 0 Å². The Hall–Kier alpha value is -3.39. The van der Waals surface area contributed by atoms with Crippen molar-refractivity contribution in [1.29, 1.82) is 0 Å². The highest BCUT2D eigenvalue weighted by Gasteiger charge is 2.19. The number of nitrogens with zero attached hydrogens (tertiary/aromatic N) is 3. The number of amides is 1. The number of nitrogens with one attached hydrogen (secondary N) is 1. The zero-order chi connectivity index (χ0) is 22.0. The van der Waals surface area contributed by atoms with E-state index < -0.39 is 16.9 Å². The molecule has 0 aliphatic carbocycles. The van der Waals surface area contributed by atoms with Gasteiger partial charge in [0.1, 0.15) is 17.5 Å². The molecular formula is C21H21ClN4O4. The number of anilines is 1.